The van der Waals surface area contributed by atoms with E-state index in [1.165, 1.54) is 12.8 Å². The van der Waals surface area contributed by atoms with Gasteiger partial charge in [-0.05, 0) is 5.92 Å². The molecule has 1 heteroatoms. The lowest BCUT2D eigenvalue weighted by molar-refractivity contribution is 0.474. The Labute approximate surface area is 73.0 Å². The van der Waals surface area contributed by atoms with E-state index >= 15 is 0 Å². The molecule has 0 spiro atoms. The fraction of sp³-hybridized carbons (Fsp3) is 1.00. The third-order valence-electron chi connectivity index (χ3n) is 3.36. The Kier molecular flexibility index (Phi) is 4.20. The molecule has 0 aliphatic carbocycles. The van der Waals surface area contributed by atoms with Crippen molar-refractivity contribution < 1.29 is 0 Å². The third kappa shape index (κ3) is 2.98. The first-order valence-corrected chi connectivity index (χ1v) is 7.81. The number of rotatable bonds is 5. The van der Waals surface area contributed by atoms with Crippen molar-refractivity contribution in [3.05, 3.63) is 0 Å². The monoisotopic (exact) mass is 170 g/mol. The zero-order valence-electron chi connectivity index (χ0n) is 8.10. The average molecular weight is 170 g/mol. The third-order valence-corrected chi connectivity index (χ3v) is 6.96. The summed E-state index contributed by atoms with van der Waals surface area (Å²) in [6.07, 6.45) is 5.96. The summed E-state index contributed by atoms with van der Waals surface area (Å²) in [6, 6.07) is 4.99. The number of hydrogen-bond donors (Lipinski definition) is 0. The largest absolute Gasteiger partial charge is 0.0651 e. The van der Waals surface area contributed by atoms with Crippen molar-refractivity contribution in [2.75, 3.05) is 0 Å². The molecule has 1 rings (SSSR count). The highest BCUT2D eigenvalue weighted by Crippen LogP contribution is 2.27. The summed E-state index contributed by atoms with van der Waals surface area (Å²) in [5.41, 5.74) is 0. The van der Waals surface area contributed by atoms with Gasteiger partial charge in [0.25, 0.3) is 0 Å². The first-order valence-electron chi connectivity index (χ1n) is 5.36. The highest BCUT2D eigenvalue weighted by molar-refractivity contribution is 6.61. The van der Waals surface area contributed by atoms with Crippen molar-refractivity contribution in [3.63, 3.8) is 0 Å². The predicted molar refractivity (Wildman–Crippen MR) is 54.9 cm³/mol. The maximum atomic E-state index is 2.34. The molecule has 66 valence electrons. The summed E-state index contributed by atoms with van der Waals surface area (Å²) in [4.78, 5) is 0. The SMILES string of the molecule is CCC(CC)CC[SiH]1CCC1. The Balaban J connectivity index is 1.99. The van der Waals surface area contributed by atoms with Crippen LogP contribution in [0, 0.1) is 5.92 Å². The first-order chi connectivity index (χ1) is 5.36. The standard InChI is InChI=1S/C10H22Si/c1-3-10(4-2)6-9-11-7-5-8-11/h10-11H,3-9H2,1-2H3. The van der Waals surface area contributed by atoms with E-state index < -0.39 is 0 Å². The fourth-order valence-electron chi connectivity index (χ4n) is 1.95. The Morgan fingerprint density at radius 3 is 2.18 bits per heavy atom. The highest BCUT2D eigenvalue weighted by atomic mass is 28.3. The van der Waals surface area contributed by atoms with Crippen LogP contribution in [0.1, 0.15) is 39.5 Å². The molecular formula is C10H22Si. The maximum absolute atomic E-state index is 2.34. The summed E-state index contributed by atoms with van der Waals surface area (Å²) in [7, 11) is -0.0848. The van der Waals surface area contributed by atoms with Crippen molar-refractivity contribution in [1.29, 1.82) is 0 Å². The Morgan fingerprint density at radius 1 is 1.18 bits per heavy atom. The van der Waals surface area contributed by atoms with Crippen molar-refractivity contribution >= 4 is 8.80 Å². The van der Waals surface area contributed by atoms with Gasteiger partial charge >= 0.3 is 0 Å². The Morgan fingerprint density at radius 2 is 1.82 bits per heavy atom. The molecule has 1 aliphatic rings. The molecular weight excluding hydrogens is 148 g/mol. The van der Waals surface area contributed by atoms with E-state index in [1.54, 1.807) is 31.0 Å². The van der Waals surface area contributed by atoms with Gasteiger partial charge in [0.05, 0.1) is 0 Å². The van der Waals surface area contributed by atoms with E-state index in [9.17, 15) is 0 Å². The van der Waals surface area contributed by atoms with Gasteiger partial charge in [-0.25, -0.2) is 0 Å². The molecule has 0 amide bonds. The van der Waals surface area contributed by atoms with Gasteiger partial charge in [0.2, 0.25) is 0 Å². The van der Waals surface area contributed by atoms with Crippen molar-refractivity contribution in [2.45, 2.75) is 57.7 Å². The molecule has 1 saturated heterocycles. The molecule has 1 aliphatic heterocycles. The van der Waals surface area contributed by atoms with Gasteiger partial charge in [-0.2, -0.15) is 0 Å². The molecule has 0 aromatic rings. The summed E-state index contributed by atoms with van der Waals surface area (Å²) in [5, 5.41) is 0. The minimum Gasteiger partial charge on any atom is -0.0651 e. The van der Waals surface area contributed by atoms with Gasteiger partial charge in [0.15, 0.2) is 0 Å². The van der Waals surface area contributed by atoms with Crippen molar-refractivity contribution in [3.8, 4) is 0 Å². The van der Waals surface area contributed by atoms with Crippen LogP contribution in [0.2, 0.25) is 18.1 Å². The molecule has 0 nitrogen and oxygen atoms in total. The second-order valence-electron chi connectivity index (χ2n) is 4.06. The van der Waals surface area contributed by atoms with Crippen molar-refractivity contribution in [1.82, 2.24) is 0 Å². The van der Waals surface area contributed by atoms with E-state index in [2.05, 4.69) is 13.8 Å². The van der Waals surface area contributed by atoms with Gasteiger partial charge in [-0.15, -0.1) is 0 Å². The molecule has 0 bridgehead atoms. The molecule has 1 fully saturated rings. The van der Waals surface area contributed by atoms with Crippen molar-refractivity contribution in [2.24, 2.45) is 5.92 Å². The second kappa shape index (κ2) is 4.97. The molecule has 11 heavy (non-hydrogen) atoms. The maximum Gasteiger partial charge on any atom is 0.0367 e. The summed E-state index contributed by atoms with van der Waals surface area (Å²) < 4.78 is 0. The molecule has 1 heterocycles. The van der Waals surface area contributed by atoms with Gasteiger partial charge in [0, 0.05) is 8.80 Å². The van der Waals surface area contributed by atoms with Gasteiger partial charge in [-0.3, -0.25) is 0 Å². The van der Waals surface area contributed by atoms with Crippen LogP contribution in [0.15, 0.2) is 0 Å². The van der Waals surface area contributed by atoms with Crippen LogP contribution in [0.4, 0.5) is 0 Å². The van der Waals surface area contributed by atoms with Crippen LogP contribution in [-0.4, -0.2) is 8.80 Å². The fourth-order valence-corrected chi connectivity index (χ4v) is 4.46. The smallest absolute Gasteiger partial charge is 0.0367 e. The normalized spacial score (nSPS) is 18.8. The molecule has 0 atom stereocenters. The highest BCUT2D eigenvalue weighted by Gasteiger charge is 2.19. The summed E-state index contributed by atoms with van der Waals surface area (Å²) >= 11 is 0. The topological polar surface area (TPSA) is 0 Å². The van der Waals surface area contributed by atoms with Crippen LogP contribution in [0.25, 0.3) is 0 Å². The lowest BCUT2D eigenvalue weighted by atomic mass is 10.0. The molecule has 0 saturated carbocycles. The molecule has 0 unspecified atom stereocenters. The lowest BCUT2D eigenvalue weighted by Crippen LogP contribution is -2.21. The average Bonchev–Trinajstić information content (AvgIpc) is 1.95. The van der Waals surface area contributed by atoms with E-state index in [-0.39, 0.29) is 8.80 Å². The summed E-state index contributed by atoms with van der Waals surface area (Å²) in [5.74, 6) is 1.06. The predicted octanol–water partition coefficient (Wildman–Crippen LogP) is 3.44. The molecule has 0 radical (unpaired) electrons. The molecule has 0 aromatic heterocycles. The van der Waals surface area contributed by atoms with Gasteiger partial charge in [0.1, 0.15) is 0 Å². The van der Waals surface area contributed by atoms with Crippen LogP contribution in [0.5, 0.6) is 0 Å². The Hall–Kier alpha value is 0.217. The van der Waals surface area contributed by atoms with Crippen LogP contribution in [-0.2, 0) is 0 Å². The minimum atomic E-state index is -0.0848. The van der Waals surface area contributed by atoms with E-state index in [1.807, 2.05) is 0 Å². The van der Waals surface area contributed by atoms with E-state index in [0.717, 1.165) is 5.92 Å². The van der Waals surface area contributed by atoms with Gasteiger partial charge < -0.3 is 0 Å². The minimum absolute atomic E-state index is 0.0848. The zero-order chi connectivity index (χ0) is 8.10. The van der Waals surface area contributed by atoms with E-state index in [0.29, 0.717) is 0 Å². The zero-order valence-corrected chi connectivity index (χ0v) is 9.26. The molecule has 0 aromatic carbocycles. The quantitative estimate of drug-likeness (QED) is 0.554. The second-order valence-corrected chi connectivity index (χ2v) is 7.52. The Bertz CT molecular complexity index is 93.0. The first kappa shape index (κ1) is 9.31. The molecule has 0 N–H and O–H groups in total. The lowest BCUT2D eigenvalue weighted by Gasteiger charge is -2.25. The van der Waals surface area contributed by atoms with E-state index in [4.69, 9.17) is 0 Å². The van der Waals surface area contributed by atoms with Crippen LogP contribution < -0.4 is 0 Å². The van der Waals surface area contributed by atoms with Crippen LogP contribution in [0.3, 0.4) is 0 Å². The van der Waals surface area contributed by atoms with Crippen LogP contribution >= 0.6 is 0 Å². The number of hydrogen-bond acceptors (Lipinski definition) is 0. The summed E-state index contributed by atoms with van der Waals surface area (Å²) in [6.45, 7) is 4.69. The van der Waals surface area contributed by atoms with Gasteiger partial charge in [-0.1, -0.05) is 57.7 Å².